The lowest BCUT2D eigenvalue weighted by atomic mass is 10.0. The molecule has 0 aliphatic rings. The van der Waals surface area contributed by atoms with E-state index in [1.54, 1.807) is 7.11 Å². The average molecular weight is 389 g/mol. The maximum Gasteiger partial charge on any atom is 0.220 e. The van der Waals surface area contributed by atoms with Crippen LogP contribution in [0.1, 0.15) is 37.4 Å². The summed E-state index contributed by atoms with van der Waals surface area (Å²) in [4.78, 5) is 14.7. The van der Waals surface area contributed by atoms with Gasteiger partial charge in [-0.05, 0) is 54.9 Å². The van der Waals surface area contributed by atoms with Crippen molar-refractivity contribution in [3.63, 3.8) is 0 Å². The van der Waals surface area contributed by atoms with Gasteiger partial charge in [-0.3, -0.25) is 9.69 Å². The Kier molecular flexibility index (Phi) is 8.62. The van der Waals surface area contributed by atoms with E-state index in [2.05, 4.69) is 30.1 Å². The molecule has 4 nitrogen and oxygen atoms in total. The molecular weight excluding hydrogens is 360 g/mol. The Labute approximate surface area is 167 Å². The molecule has 5 heteroatoms. The van der Waals surface area contributed by atoms with E-state index in [-0.39, 0.29) is 11.9 Å². The number of nitrogens with zero attached hydrogens (tertiary/aromatic N) is 1. The minimum absolute atomic E-state index is 0.0510. The minimum Gasteiger partial charge on any atom is -0.497 e. The molecule has 27 heavy (non-hydrogen) atoms. The lowest BCUT2D eigenvalue weighted by Crippen LogP contribution is -2.38. The van der Waals surface area contributed by atoms with Crippen LogP contribution in [0.2, 0.25) is 5.02 Å². The highest BCUT2D eigenvalue weighted by Gasteiger charge is 2.19. The summed E-state index contributed by atoms with van der Waals surface area (Å²) in [6.45, 7) is 6.67. The first kappa shape index (κ1) is 21.3. The number of ether oxygens (including phenoxy) is 1. The first-order valence-corrected chi connectivity index (χ1v) is 9.84. The number of hydrogen-bond donors (Lipinski definition) is 1. The van der Waals surface area contributed by atoms with E-state index in [1.165, 1.54) is 0 Å². The summed E-state index contributed by atoms with van der Waals surface area (Å²) in [5.74, 6) is 0.881. The van der Waals surface area contributed by atoms with Crippen molar-refractivity contribution in [1.29, 1.82) is 0 Å². The second kappa shape index (κ2) is 11.0. The number of amides is 1. The Morgan fingerprint density at radius 3 is 2.56 bits per heavy atom. The van der Waals surface area contributed by atoms with Gasteiger partial charge in [0.15, 0.2) is 0 Å². The third kappa shape index (κ3) is 6.56. The van der Waals surface area contributed by atoms with E-state index in [0.29, 0.717) is 24.4 Å². The molecule has 0 bridgehead atoms. The van der Waals surface area contributed by atoms with Crippen molar-refractivity contribution in [1.82, 2.24) is 10.2 Å². The molecule has 2 aromatic carbocycles. The van der Waals surface area contributed by atoms with Gasteiger partial charge in [-0.15, -0.1) is 0 Å². The van der Waals surface area contributed by atoms with Gasteiger partial charge >= 0.3 is 0 Å². The highest BCUT2D eigenvalue weighted by Crippen LogP contribution is 2.24. The Balaban J connectivity index is 1.99. The van der Waals surface area contributed by atoms with Crippen LogP contribution in [0.5, 0.6) is 5.75 Å². The zero-order chi connectivity index (χ0) is 19.6. The van der Waals surface area contributed by atoms with Crippen molar-refractivity contribution in [3.8, 4) is 5.75 Å². The maximum atomic E-state index is 12.4. The fraction of sp³-hybridized carbons (Fsp3) is 0.409. The fourth-order valence-electron chi connectivity index (χ4n) is 3.22. The molecule has 0 fully saturated rings. The number of benzene rings is 2. The lowest BCUT2D eigenvalue weighted by Gasteiger charge is -2.30. The third-order valence-electron chi connectivity index (χ3n) is 4.75. The van der Waals surface area contributed by atoms with Gasteiger partial charge in [-0.1, -0.05) is 49.7 Å². The van der Waals surface area contributed by atoms with Crippen molar-refractivity contribution in [2.45, 2.75) is 32.7 Å². The molecule has 1 unspecified atom stereocenters. The molecule has 0 aliphatic carbocycles. The Morgan fingerprint density at radius 2 is 1.89 bits per heavy atom. The van der Waals surface area contributed by atoms with E-state index < -0.39 is 0 Å². The number of carbonyl (C=O) groups is 1. The summed E-state index contributed by atoms with van der Waals surface area (Å²) < 4.78 is 5.36. The molecule has 1 N–H and O–H groups in total. The molecule has 0 saturated heterocycles. The Hall–Kier alpha value is -2.04. The SMILES string of the molecule is CCN(CC)C(CNC(=O)CCc1cccc(Cl)c1)c1cccc(OC)c1. The Bertz CT molecular complexity index is 732. The zero-order valence-electron chi connectivity index (χ0n) is 16.4. The van der Waals surface area contributed by atoms with Crippen molar-refractivity contribution in [2.75, 3.05) is 26.7 Å². The summed E-state index contributed by atoms with van der Waals surface area (Å²) in [7, 11) is 1.67. The number of likely N-dealkylation sites (N-methyl/N-ethyl adjacent to an activating group) is 1. The minimum atomic E-state index is 0.0510. The van der Waals surface area contributed by atoms with Crippen LogP contribution in [-0.2, 0) is 11.2 Å². The highest BCUT2D eigenvalue weighted by molar-refractivity contribution is 6.30. The molecule has 2 rings (SSSR count). The number of hydrogen-bond acceptors (Lipinski definition) is 3. The van der Waals surface area contributed by atoms with E-state index in [9.17, 15) is 4.79 Å². The number of rotatable bonds is 10. The van der Waals surface area contributed by atoms with E-state index in [4.69, 9.17) is 16.3 Å². The summed E-state index contributed by atoms with van der Waals surface area (Å²) >= 11 is 6.01. The van der Waals surface area contributed by atoms with Crippen LogP contribution in [-0.4, -0.2) is 37.6 Å². The molecule has 146 valence electrons. The zero-order valence-corrected chi connectivity index (χ0v) is 17.1. The summed E-state index contributed by atoms with van der Waals surface area (Å²) in [6, 6.07) is 15.8. The van der Waals surface area contributed by atoms with Crippen molar-refractivity contribution in [2.24, 2.45) is 0 Å². The van der Waals surface area contributed by atoms with Crippen LogP contribution in [0.3, 0.4) is 0 Å². The molecule has 1 amide bonds. The van der Waals surface area contributed by atoms with Gasteiger partial charge in [0.1, 0.15) is 5.75 Å². The van der Waals surface area contributed by atoms with Crippen molar-refractivity contribution < 1.29 is 9.53 Å². The third-order valence-corrected chi connectivity index (χ3v) is 4.99. The molecule has 0 spiro atoms. The number of carbonyl (C=O) groups excluding carboxylic acids is 1. The summed E-state index contributed by atoms with van der Waals surface area (Å²) in [6.07, 6.45) is 1.13. The quantitative estimate of drug-likeness (QED) is 0.652. The molecule has 0 aromatic heterocycles. The molecule has 0 aliphatic heterocycles. The number of halogens is 1. The number of nitrogens with one attached hydrogen (secondary N) is 1. The van der Waals surface area contributed by atoms with Crippen LogP contribution in [0.15, 0.2) is 48.5 Å². The van der Waals surface area contributed by atoms with Crippen LogP contribution in [0, 0.1) is 0 Å². The number of methoxy groups -OCH3 is 1. The summed E-state index contributed by atoms with van der Waals surface area (Å²) in [5.41, 5.74) is 2.22. The molecule has 0 saturated carbocycles. The molecule has 2 aromatic rings. The van der Waals surface area contributed by atoms with Gasteiger partial charge in [0.2, 0.25) is 5.91 Å². The molecule has 0 radical (unpaired) electrons. The second-order valence-electron chi connectivity index (χ2n) is 6.45. The van der Waals surface area contributed by atoms with Crippen LogP contribution < -0.4 is 10.1 Å². The van der Waals surface area contributed by atoms with E-state index in [1.807, 2.05) is 42.5 Å². The first-order valence-electron chi connectivity index (χ1n) is 9.46. The van der Waals surface area contributed by atoms with Crippen LogP contribution in [0.25, 0.3) is 0 Å². The predicted molar refractivity (Wildman–Crippen MR) is 111 cm³/mol. The summed E-state index contributed by atoms with van der Waals surface area (Å²) in [5, 5.41) is 3.80. The van der Waals surface area contributed by atoms with E-state index in [0.717, 1.165) is 30.0 Å². The van der Waals surface area contributed by atoms with Gasteiger partial charge in [0, 0.05) is 18.0 Å². The van der Waals surface area contributed by atoms with Gasteiger partial charge in [0.05, 0.1) is 13.2 Å². The largest absolute Gasteiger partial charge is 0.497 e. The predicted octanol–water partition coefficient (Wildman–Crippen LogP) is 4.48. The number of aryl methyl sites for hydroxylation is 1. The standard InChI is InChI=1S/C22H29ClN2O2/c1-4-25(5-2)21(18-9-7-11-20(15-18)27-3)16-24-22(26)13-12-17-8-6-10-19(23)14-17/h6-11,14-15,21H,4-5,12-13,16H2,1-3H3,(H,24,26). The van der Waals surface area contributed by atoms with Gasteiger partial charge in [-0.25, -0.2) is 0 Å². The molecule has 0 heterocycles. The lowest BCUT2D eigenvalue weighted by molar-refractivity contribution is -0.121. The monoisotopic (exact) mass is 388 g/mol. The second-order valence-corrected chi connectivity index (χ2v) is 6.88. The smallest absolute Gasteiger partial charge is 0.220 e. The van der Waals surface area contributed by atoms with Gasteiger partial charge in [0.25, 0.3) is 0 Å². The van der Waals surface area contributed by atoms with Gasteiger partial charge in [-0.2, -0.15) is 0 Å². The molecular formula is C22H29ClN2O2. The van der Waals surface area contributed by atoms with Gasteiger partial charge < -0.3 is 10.1 Å². The average Bonchev–Trinajstić information content (AvgIpc) is 2.69. The van der Waals surface area contributed by atoms with E-state index >= 15 is 0 Å². The van der Waals surface area contributed by atoms with Crippen LogP contribution >= 0.6 is 11.6 Å². The first-order chi connectivity index (χ1) is 13.1. The molecule has 1 atom stereocenters. The Morgan fingerprint density at radius 1 is 1.15 bits per heavy atom. The maximum absolute atomic E-state index is 12.4. The normalized spacial score (nSPS) is 12.0. The van der Waals surface area contributed by atoms with Crippen molar-refractivity contribution >= 4 is 17.5 Å². The highest BCUT2D eigenvalue weighted by atomic mass is 35.5. The topological polar surface area (TPSA) is 41.6 Å². The van der Waals surface area contributed by atoms with Crippen molar-refractivity contribution in [3.05, 3.63) is 64.7 Å². The fourth-order valence-corrected chi connectivity index (χ4v) is 3.43. The van der Waals surface area contributed by atoms with Crippen LogP contribution in [0.4, 0.5) is 0 Å².